The highest BCUT2D eigenvalue weighted by Gasteiger charge is 2.41. The number of aliphatic imine (C=N–C) groups is 1. The zero-order chi connectivity index (χ0) is 42.7. The van der Waals surface area contributed by atoms with Crippen LogP contribution in [0.25, 0.3) is 22.4 Å². The van der Waals surface area contributed by atoms with Crippen molar-refractivity contribution in [3.05, 3.63) is 77.0 Å². The van der Waals surface area contributed by atoms with Gasteiger partial charge in [0.2, 0.25) is 11.8 Å². The number of nitrogens with zero attached hydrogens (tertiary/aromatic N) is 4. The van der Waals surface area contributed by atoms with Gasteiger partial charge >= 0.3 is 12.2 Å². The molecule has 14 heteroatoms. The largest absolute Gasteiger partial charge is 0.453 e. The molecule has 4 aliphatic heterocycles. The number of carbonyl (C=O) groups is 4. The van der Waals surface area contributed by atoms with E-state index in [1.807, 2.05) is 45.0 Å². The fourth-order valence-electron chi connectivity index (χ4n) is 9.46. The number of benzene rings is 2. The Hall–Kier alpha value is -5.50. The highest BCUT2D eigenvalue weighted by atomic mass is 16.5. The number of hydrogen-bond donors (Lipinski definition) is 4. The smallest absolute Gasteiger partial charge is 0.407 e. The van der Waals surface area contributed by atoms with E-state index in [-0.39, 0.29) is 41.8 Å². The summed E-state index contributed by atoms with van der Waals surface area (Å²) in [5.41, 5.74) is 9.11. The predicted octanol–water partition coefficient (Wildman–Crippen LogP) is 7.36. The molecule has 2 bridgehead atoms. The summed E-state index contributed by atoms with van der Waals surface area (Å²) in [5, 5.41) is 9.35. The fraction of sp³-hybridized carbons (Fsp3) is 0.522. The van der Waals surface area contributed by atoms with E-state index < -0.39 is 24.3 Å². The molecule has 14 nitrogen and oxygen atoms in total. The molecule has 2 aromatic carbocycles. The molecule has 6 unspecified atom stereocenters. The molecule has 7 rings (SSSR count). The van der Waals surface area contributed by atoms with E-state index >= 15 is 0 Å². The van der Waals surface area contributed by atoms with E-state index in [0.29, 0.717) is 25.4 Å². The molecule has 0 aliphatic carbocycles. The van der Waals surface area contributed by atoms with E-state index in [9.17, 15) is 19.2 Å². The van der Waals surface area contributed by atoms with Crippen LogP contribution in [0.3, 0.4) is 0 Å². The Morgan fingerprint density at radius 2 is 1.50 bits per heavy atom. The van der Waals surface area contributed by atoms with Gasteiger partial charge in [-0.2, -0.15) is 0 Å². The number of aromatic amines is 1. The van der Waals surface area contributed by atoms with Crippen LogP contribution in [0, 0.1) is 17.8 Å². The maximum atomic E-state index is 13.8. The Morgan fingerprint density at radius 3 is 2.15 bits per heavy atom. The number of H-pyrrole nitrogens is 1. The first-order valence-corrected chi connectivity index (χ1v) is 21.5. The van der Waals surface area contributed by atoms with E-state index in [1.54, 1.807) is 11.1 Å². The van der Waals surface area contributed by atoms with Crippen molar-refractivity contribution in [3.63, 3.8) is 0 Å². The Labute approximate surface area is 353 Å². The third kappa shape index (κ3) is 8.84. The van der Waals surface area contributed by atoms with Crippen molar-refractivity contribution < 1.29 is 28.7 Å². The first-order chi connectivity index (χ1) is 28.9. The maximum Gasteiger partial charge on any atom is 0.407 e. The monoisotopic (exact) mass is 820 g/mol. The Bertz CT molecular complexity index is 2130. The number of methoxy groups -OCH3 is 2. The van der Waals surface area contributed by atoms with Crippen molar-refractivity contribution in [2.24, 2.45) is 22.7 Å². The summed E-state index contributed by atoms with van der Waals surface area (Å²) in [6, 6.07) is 12.1. The minimum atomic E-state index is -0.690. The van der Waals surface area contributed by atoms with E-state index in [1.165, 1.54) is 30.9 Å². The van der Waals surface area contributed by atoms with Crippen LogP contribution in [-0.2, 0) is 25.5 Å². The third-order valence-corrected chi connectivity index (χ3v) is 12.5. The standard InChI is InChI=1S/C46H60N8O6/c1-26(2)40(51-45(57)59-6)43(55)53-20-8-10-31(53)24-47-19-18-29-12-14-30(15-13-29)32-16-17-33(39-35-23-28(5)22-34(49-35)38(32)39)36-25-48-42(50-36)37-11-9-21-54(37)44(56)41(27(3)4)52-46(58)60-7/h12-17,19,24-28,34-35,37,40-41,49H,8-11,18,20-23H2,1-7H3,(H,48,50)(H,51,57)(H,52,58)/b31-24-,47-19?. The van der Waals surface area contributed by atoms with Gasteiger partial charge in [0.15, 0.2) is 0 Å². The lowest BCUT2D eigenvalue weighted by Gasteiger charge is -2.30. The number of amides is 4. The van der Waals surface area contributed by atoms with Crippen molar-refractivity contribution in [1.29, 1.82) is 0 Å². The number of piperidine rings is 1. The lowest BCUT2D eigenvalue weighted by atomic mass is 9.88. The highest BCUT2D eigenvalue weighted by Crippen LogP contribution is 2.52. The van der Waals surface area contributed by atoms with Crippen LogP contribution in [-0.4, -0.2) is 89.4 Å². The molecule has 0 radical (unpaired) electrons. The van der Waals surface area contributed by atoms with Crippen LogP contribution in [0.1, 0.15) is 114 Å². The van der Waals surface area contributed by atoms with E-state index in [0.717, 1.165) is 72.4 Å². The summed E-state index contributed by atoms with van der Waals surface area (Å²) in [5.74, 6) is 0.864. The lowest BCUT2D eigenvalue weighted by molar-refractivity contribution is -0.135. The fourth-order valence-corrected chi connectivity index (χ4v) is 9.46. The molecule has 5 heterocycles. The van der Waals surface area contributed by atoms with E-state index in [2.05, 4.69) is 69.2 Å². The number of imidazole rings is 1. The summed E-state index contributed by atoms with van der Waals surface area (Å²) in [4.78, 5) is 67.8. The average Bonchev–Trinajstić information content (AvgIpc) is 4.07. The second kappa shape index (κ2) is 18.4. The number of rotatable bonds is 12. The lowest BCUT2D eigenvalue weighted by Crippen LogP contribution is -2.51. The molecular weight excluding hydrogens is 761 g/mol. The molecule has 320 valence electrons. The van der Waals surface area contributed by atoms with Crippen LogP contribution in [0.15, 0.2) is 59.5 Å². The summed E-state index contributed by atoms with van der Waals surface area (Å²) in [6.45, 7) is 11.2. The van der Waals surface area contributed by atoms with Crippen molar-refractivity contribution in [3.8, 4) is 22.4 Å². The predicted molar refractivity (Wildman–Crippen MR) is 230 cm³/mol. The number of aromatic nitrogens is 2. The number of allylic oxidation sites excluding steroid dienone is 1. The summed E-state index contributed by atoms with van der Waals surface area (Å²) < 4.78 is 9.56. The van der Waals surface area contributed by atoms with Crippen LogP contribution >= 0.6 is 0 Å². The number of hydrogen-bond acceptors (Lipinski definition) is 9. The van der Waals surface area contributed by atoms with Gasteiger partial charge in [0, 0.05) is 55.3 Å². The molecular formula is C46H60N8O6. The average molecular weight is 821 g/mol. The number of fused-ring (bicyclic) bond motifs is 5. The molecule has 4 aliphatic rings. The van der Waals surface area contributed by atoms with Gasteiger partial charge in [0.1, 0.15) is 17.9 Å². The second-order valence-corrected chi connectivity index (χ2v) is 17.4. The van der Waals surface area contributed by atoms with Crippen LogP contribution < -0.4 is 16.0 Å². The normalized spacial score (nSPS) is 22.7. The van der Waals surface area contributed by atoms with Gasteiger partial charge in [0.25, 0.3) is 0 Å². The number of ether oxygens (including phenoxy) is 2. The van der Waals surface area contributed by atoms with Crippen molar-refractivity contribution >= 4 is 30.2 Å². The quantitative estimate of drug-likeness (QED) is 0.137. The van der Waals surface area contributed by atoms with Crippen molar-refractivity contribution in [1.82, 2.24) is 35.7 Å². The zero-order valence-electron chi connectivity index (χ0n) is 35.9. The van der Waals surface area contributed by atoms with Gasteiger partial charge in [-0.25, -0.2) is 14.6 Å². The van der Waals surface area contributed by atoms with Crippen molar-refractivity contribution in [2.45, 2.75) is 110 Å². The molecule has 0 spiro atoms. The number of nitrogens with one attached hydrogen (secondary N) is 4. The molecule has 4 N–H and O–H groups in total. The highest BCUT2D eigenvalue weighted by molar-refractivity contribution is 5.88. The van der Waals surface area contributed by atoms with Gasteiger partial charge in [0.05, 0.1) is 32.2 Å². The molecule has 3 aromatic rings. The Kier molecular flexibility index (Phi) is 13.1. The number of alkyl carbamates (subject to hydrolysis) is 2. The Balaban J connectivity index is 1.08. The molecule has 3 fully saturated rings. The van der Waals surface area contributed by atoms with Gasteiger partial charge < -0.3 is 40.2 Å². The van der Waals surface area contributed by atoms with Gasteiger partial charge in [-0.05, 0) is 84.1 Å². The molecule has 1 aromatic heterocycles. The van der Waals surface area contributed by atoms with E-state index in [4.69, 9.17) is 14.5 Å². The zero-order valence-corrected chi connectivity index (χ0v) is 35.9. The molecule has 6 atom stereocenters. The molecule has 4 amide bonds. The molecule has 3 saturated heterocycles. The first kappa shape index (κ1) is 42.6. The first-order valence-electron chi connectivity index (χ1n) is 21.5. The minimum Gasteiger partial charge on any atom is -0.453 e. The van der Waals surface area contributed by atoms with Crippen molar-refractivity contribution in [2.75, 3.05) is 27.3 Å². The topological polar surface area (TPSA) is 170 Å². The number of carbonyl (C=O) groups excluding carboxylic acids is 4. The van der Waals surface area contributed by atoms with Crippen LogP contribution in [0.2, 0.25) is 0 Å². The third-order valence-electron chi connectivity index (χ3n) is 12.5. The minimum absolute atomic E-state index is 0.0931. The molecule has 0 saturated carbocycles. The van der Waals surface area contributed by atoms with Gasteiger partial charge in [-0.1, -0.05) is 71.0 Å². The molecule has 60 heavy (non-hydrogen) atoms. The van der Waals surface area contributed by atoms with Gasteiger partial charge in [-0.3, -0.25) is 14.6 Å². The summed E-state index contributed by atoms with van der Waals surface area (Å²) in [6.07, 6.45) is 10.3. The Morgan fingerprint density at radius 1 is 0.867 bits per heavy atom. The van der Waals surface area contributed by atoms with Gasteiger partial charge in [-0.15, -0.1) is 0 Å². The van der Waals surface area contributed by atoms with Crippen LogP contribution in [0.5, 0.6) is 0 Å². The maximum absolute atomic E-state index is 13.8. The SMILES string of the molecule is COC(=O)NC(C(=O)N1CCC/C1=C/N=CCc1ccc(-c2ccc(-c3cnc(C4CCCN4C(=O)C(NC(=O)OC)C(C)C)[nH]3)c3c2C2CC(C)CC3N2)cc1)C(C)C. The van der Waals surface area contributed by atoms with Crippen LogP contribution in [0.4, 0.5) is 9.59 Å². The summed E-state index contributed by atoms with van der Waals surface area (Å²) in [7, 11) is 2.60. The second-order valence-electron chi connectivity index (χ2n) is 17.4. The number of likely N-dealkylation sites (tertiary alicyclic amines) is 2. The summed E-state index contributed by atoms with van der Waals surface area (Å²) >= 11 is 0.